The van der Waals surface area contributed by atoms with E-state index in [-0.39, 0.29) is 0 Å². The van der Waals surface area contributed by atoms with E-state index < -0.39 is 18.7 Å². The van der Waals surface area contributed by atoms with Gasteiger partial charge < -0.3 is 0 Å². The van der Waals surface area contributed by atoms with Crippen molar-refractivity contribution in [2.45, 2.75) is 8.83 Å². The van der Waals surface area contributed by atoms with Crippen LogP contribution in [0.1, 0.15) is 16.7 Å². The standard InChI is InChI=1S/C25H21NO2S4/c1-29-23-26-21(18-12-6-3-7-13-18)22(32(2,27)28)25(30-23)24(31-25,19-14-8-4-9-15-19)20-16-10-5-11-17-20/h3-17H,1-2H3. The van der Waals surface area contributed by atoms with Gasteiger partial charge in [-0.25, -0.2) is 13.4 Å². The predicted octanol–water partition coefficient (Wildman–Crippen LogP) is 6.25. The number of rotatable bonds is 4. The maximum Gasteiger partial charge on any atom is 0.176 e. The van der Waals surface area contributed by atoms with Crippen LogP contribution in [0, 0.1) is 0 Å². The summed E-state index contributed by atoms with van der Waals surface area (Å²) >= 11 is 4.83. The minimum Gasteiger partial charge on any atom is -0.233 e. The van der Waals surface area contributed by atoms with E-state index in [1.165, 1.54) is 6.26 Å². The second-order valence-electron chi connectivity index (χ2n) is 7.63. The topological polar surface area (TPSA) is 46.5 Å². The molecule has 2 aliphatic heterocycles. The SMILES string of the molecule is CSC1=NC(c2ccccc2)=C(S(C)(=O)=O)C2(S1)SC2(c1ccccc1)c1ccccc1. The van der Waals surface area contributed by atoms with Crippen molar-refractivity contribution in [1.82, 2.24) is 0 Å². The van der Waals surface area contributed by atoms with Crippen LogP contribution in [-0.2, 0) is 14.6 Å². The first kappa shape index (κ1) is 21.9. The van der Waals surface area contributed by atoms with E-state index in [9.17, 15) is 8.42 Å². The van der Waals surface area contributed by atoms with E-state index >= 15 is 0 Å². The number of hydrogen-bond donors (Lipinski definition) is 0. The van der Waals surface area contributed by atoms with E-state index in [0.717, 1.165) is 21.1 Å². The molecule has 1 spiro atoms. The Labute approximate surface area is 201 Å². The number of aliphatic imine (C=N–C) groups is 1. The summed E-state index contributed by atoms with van der Waals surface area (Å²) in [6.07, 6.45) is 3.31. The van der Waals surface area contributed by atoms with Crippen LogP contribution >= 0.6 is 35.3 Å². The predicted molar refractivity (Wildman–Crippen MR) is 141 cm³/mol. The van der Waals surface area contributed by atoms with Gasteiger partial charge in [-0.1, -0.05) is 103 Å². The van der Waals surface area contributed by atoms with Crippen LogP contribution in [0.15, 0.2) is 101 Å². The molecule has 0 saturated carbocycles. The largest absolute Gasteiger partial charge is 0.233 e. The van der Waals surface area contributed by atoms with Crippen molar-refractivity contribution in [1.29, 1.82) is 0 Å². The quantitative estimate of drug-likeness (QED) is 0.400. The molecule has 1 saturated heterocycles. The van der Waals surface area contributed by atoms with Crippen molar-refractivity contribution in [3.8, 4) is 0 Å². The highest BCUT2D eigenvalue weighted by molar-refractivity contribution is 8.45. The molecule has 0 aromatic heterocycles. The normalized spacial score (nSPS) is 22.0. The number of hydrogen-bond acceptors (Lipinski definition) is 6. The number of sulfone groups is 1. The molecule has 1 fully saturated rings. The Balaban J connectivity index is 1.85. The molecule has 0 bridgehead atoms. The van der Waals surface area contributed by atoms with Crippen molar-refractivity contribution in [2.75, 3.05) is 12.5 Å². The smallest absolute Gasteiger partial charge is 0.176 e. The van der Waals surface area contributed by atoms with Gasteiger partial charge in [-0.05, 0) is 17.4 Å². The highest BCUT2D eigenvalue weighted by atomic mass is 32.2. The highest BCUT2D eigenvalue weighted by Crippen LogP contribution is 2.82. The van der Waals surface area contributed by atoms with Crippen molar-refractivity contribution in [3.63, 3.8) is 0 Å². The molecule has 0 radical (unpaired) electrons. The van der Waals surface area contributed by atoms with Gasteiger partial charge >= 0.3 is 0 Å². The number of thioether (sulfide) groups is 3. The van der Waals surface area contributed by atoms with Gasteiger partial charge in [0.15, 0.2) is 9.84 Å². The summed E-state index contributed by atoms with van der Waals surface area (Å²) in [4.78, 5) is 5.24. The maximum absolute atomic E-state index is 13.4. The van der Waals surface area contributed by atoms with Crippen LogP contribution in [0.2, 0.25) is 0 Å². The molecule has 2 aliphatic rings. The second-order valence-corrected chi connectivity index (χ2v) is 13.5. The van der Waals surface area contributed by atoms with E-state index in [2.05, 4.69) is 24.3 Å². The zero-order valence-corrected chi connectivity index (χ0v) is 20.8. The van der Waals surface area contributed by atoms with Crippen LogP contribution in [0.4, 0.5) is 0 Å². The Morgan fingerprint density at radius 2 is 1.31 bits per heavy atom. The van der Waals surface area contributed by atoms with Crippen LogP contribution in [0.25, 0.3) is 5.70 Å². The third-order valence-electron chi connectivity index (χ3n) is 5.62. The molecular weight excluding hydrogens is 475 g/mol. The van der Waals surface area contributed by atoms with E-state index in [1.807, 2.05) is 73.0 Å². The van der Waals surface area contributed by atoms with Crippen molar-refractivity contribution in [2.24, 2.45) is 4.99 Å². The molecule has 3 nitrogen and oxygen atoms in total. The molecule has 7 heteroatoms. The van der Waals surface area contributed by atoms with Gasteiger partial charge in [0.1, 0.15) is 8.45 Å². The van der Waals surface area contributed by atoms with Gasteiger partial charge in [0.2, 0.25) is 0 Å². The molecular formula is C25H21NO2S4. The highest BCUT2D eigenvalue weighted by Gasteiger charge is 2.76. The molecule has 5 rings (SSSR count). The summed E-state index contributed by atoms with van der Waals surface area (Å²) in [5.41, 5.74) is 3.57. The average molecular weight is 496 g/mol. The lowest BCUT2D eigenvalue weighted by Crippen LogP contribution is -2.31. The van der Waals surface area contributed by atoms with Gasteiger partial charge in [0.25, 0.3) is 0 Å². The first-order chi connectivity index (χ1) is 15.4. The molecule has 0 N–H and O–H groups in total. The Kier molecular flexibility index (Phi) is 5.56. The summed E-state index contributed by atoms with van der Waals surface area (Å²) < 4.78 is 26.4. The third kappa shape index (κ3) is 3.37. The fraction of sp³-hybridized carbons (Fsp3) is 0.160. The lowest BCUT2D eigenvalue weighted by molar-refractivity contribution is 0.605. The first-order valence-corrected chi connectivity index (χ1v) is 14.8. The van der Waals surface area contributed by atoms with E-state index in [1.54, 1.807) is 35.3 Å². The van der Waals surface area contributed by atoms with Crippen LogP contribution in [0.3, 0.4) is 0 Å². The fourth-order valence-corrected chi connectivity index (χ4v) is 11.0. The Morgan fingerprint density at radius 3 is 1.78 bits per heavy atom. The zero-order chi connectivity index (χ0) is 22.4. The molecule has 0 amide bonds. The lowest BCUT2D eigenvalue weighted by Gasteiger charge is -2.30. The maximum atomic E-state index is 13.4. The van der Waals surface area contributed by atoms with Crippen molar-refractivity contribution >= 4 is 55.2 Å². The minimum atomic E-state index is -3.57. The van der Waals surface area contributed by atoms with Crippen LogP contribution in [0.5, 0.6) is 0 Å². The molecule has 1 atom stereocenters. The van der Waals surface area contributed by atoms with Crippen molar-refractivity contribution < 1.29 is 8.42 Å². The zero-order valence-electron chi connectivity index (χ0n) is 17.6. The van der Waals surface area contributed by atoms with Crippen molar-refractivity contribution in [3.05, 3.63) is 113 Å². The lowest BCUT2D eigenvalue weighted by atomic mass is 9.87. The van der Waals surface area contributed by atoms with Crippen LogP contribution < -0.4 is 0 Å². The summed E-state index contributed by atoms with van der Waals surface area (Å²) in [6, 6.07) is 30.1. The van der Waals surface area contributed by atoms with E-state index in [4.69, 9.17) is 4.99 Å². The second kappa shape index (κ2) is 8.13. The van der Waals surface area contributed by atoms with Crippen LogP contribution in [-0.4, -0.2) is 29.4 Å². The molecule has 2 heterocycles. The Bertz CT molecular complexity index is 1280. The summed E-state index contributed by atoms with van der Waals surface area (Å²) in [5.74, 6) is 0. The number of nitrogens with zero attached hydrogens (tertiary/aromatic N) is 1. The van der Waals surface area contributed by atoms with Gasteiger partial charge in [0.05, 0.1) is 15.3 Å². The Morgan fingerprint density at radius 1 is 0.812 bits per heavy atom. The molecule has 162 valence electrons. The first-order valence-electron chi connectivity index (χ1n) is 10.1. The number of benzene rings is 3. The molecule has 3 aromatic carbocycles. The fourth-order valence-electron chi connectivity index (χ4n) is 4.29. The molecule has 32 heavy (non-hydrogen) atoms. The molecule has 0 aliphatic carbocycles. The minimum absolute atomic E-state index is 0.400. The molecule has 1 unspecified atom stereocenters. The van der Waals surface area contributed by atoms with Gasteiger partial charge in [-0.2, -0.15) is 0 Å². The average Bonchev–Trinajstić information content (AvgIpc) is 3.47. The van der Waals surface area contributed by atoms with E-state index in [0.29, 0.717) is 10.6 Å². The monoisotopic (exact) mass is 495 g/mol. The summed E-state index contributed by atoms with van der Waals surface area (Å²) in [5, 5.41) is 0. The van der Waals surface area contributed by atoms with Gasteiger partial charge in [-0.3, -0.25) is 0 Å². The Hall–Kier alpha value is -1.93. The van der Waals surface area contributed by atoms with Gasteiger partial charge in [0, 0.05) is 11.8 Å². The molecule has 3 aromatic rings. The third-order valence-corrected chi connectivity index (χ3v) is 11.7. The van der Waals surface area contributed by atoms with Gasteiger partial charge in [-0.15, -0.1) is 23.5 Å². The summed E-state index contributed by atoms with van der Waals surface area (Å²) in [6.45, 7) is 0. The summed E-state index contributed by atoms with van der Waals surface area (Å²) in [7, 11) is -3.57.